The third-order valence-electron chi connectivity index (χ3n) is 4.51. The van der Waals surface area contributed by atoms with Gasteiger partial charge in [0.2, 0.25) is 0 Å². The molecule has 6 nitrogen and oxygen atoms in total. The number of pyridine rings is 1. The molecule has 0 spiro atoms. The van der Waals surface area contributed by atoms with Gasteiger partial charge in [-0.25, -0.2) is 9.97 Å². The van der Waals surface area contributed by atoms with E-state index in [2.05, 4.69) is 34.1 Å². The third kappa shape index (κ3) is 4.52. The van der Waals surface area contributed by atoms with E-state index in [-0.39, 0.29) is 17.9 Å². The summed E-state index contributed by atoms with van der Waals surface area (Å²) in [6, 6.07) is 15.0. The summed E-state index contributed by atoms with van der Waals surface area (Å²) in [7, 11) is 3.87. The number of rotatable bonds is 6. The second kappa shape index (κ2) is 8.61. The minimum atomic E-state index is -0.141. The van der Waals surface area contributed by atoms with E-state index in [0.29, 0.717) is 5.56 Å². The SMILES string of the molecule is CC(C)C(NC(=O)c1ccc(-c2cc(N(C)C)ncn2)cc1)c1ccccn1. The molecule has 6 heteroatoms. The number of hydrogen-bond acceptors (Lipinski definition) is 5. The molecule has 1 N–H and O–H groups in total. The summed E-state index contributed by atoms with van der Waals surface area (Å²) in [4.78, 5) is 27.6. The number of benzene rings is 1. The molecule has 3 aromatic rings. The van der Waals surface area contributed by atoms with Crippen LogP contribution in [0.25, 0.3) is 11.3 Å². The Morgan fingerprint density at radius 2 is 1.75 bits per heavy atom. The summed E-state index contributed by atoms with van der Waals surface area (Å²) < 4.78 is 0. The lowest BCUT2D eigenvalue weighted by Gasteiger charge is -2.22. The average Bonchev–Trinajstić information content (AvgIpc) is 2.72. The van der Waals surface area contributed by atoms with Crippen LogP contribution in [0.2, 0.25) is 0 Å². The van der Waals surface area contributed by atoms with Gasteiger partial charge in [0, 0.05) is 37.5 Å². The number of amides is 1. The highest BCUT2D eigenvalue weighted by atomic mass is 16.1. The lowest BCUT2D eigenvalue weighted by atomic mass is 9.99. The fourth-order valence-corrected chi connectivity index (χ4v) is 2.91. The van der Waals surface area contributed by atoms with Gasteiger partial charge in [-0.3, -0.25) is 9.78 Å². The van der Waals surface area contributed by atoms with Gasteiger partial charge in [-0.1, -0.05) is 32.0 Å². The zero-order valence-corrected chi connectivity index (χ0v) is 16.6. The standard InChI is InChI=1S/C22H25N5O/c1-15(2)21(18-7-5-6-12-23-18)26-22(28)17-10-8-16(9-11-17)19-13-20(27(3)4)25-14-24-19/h5-15,21H,1-4H3,(H,26,28). The van der Waals surface area contributed by atoms with Crippen LogP contribution >= 0.6 is 0 Å². The monoisotopic (exact) mass is 375 g/mol. The predicted octanol–water partition coefficient (Wildman–Crippen LogP) is 3.73. The van der Waals surface area contributed by atoms with E-state index in [4.69, 9.17) is 0 Å². The maximum absolute atomic E-state index is 12.8. The average molecular weight is 375 g/mol. The molecule has 0 aliphatic heterocycles. The number of hydrogen-bond donors (Lipinski definition) is 1. The van der Waals surface area contributed by atoms with Crippen LogP contribution < -0.4 is 10.2 Å². The zero-order valence-electron chi connectivity index (χ0n) is 16.6. The molecule has 2 heterocycles. The molecule has 0 bridgehead atoms. The predicted molar refractivity (Wildman–Crippen MR) is 111 cm³/mol. The Morgan fingerprint density at radius 1 is 1.00 bits per heavy atom. The van der Waals surface area contributed by atoms with Crippen molar-refractivity contribution in [1.82, 2.24) is 20.3 Å². The molecule has 1 unspecified atom stereocenters. The van der Waals surface area contributed by atoms with Crippen LogP contribution in [0.15, 0.2) is 61.1 Å². The Bertz CT molecular complexity index is 923. The van der Waals surface area contributed by atoms with Gasteiger partial charge in [0.05, 0.1) is 17.4 Å². The van der Waals surface area contributed by atoms with Gasteiger partial charge in [0.15, 0.2) is 0 Å². The van der Waals surface area contributed by atoms with Crippen molar-refractivity contribution in [3.8, 4) is 11.3 Å². The maximum Gasteiger partial charge on any atom is 0.251 e. The van der Waals surface area contributed by atoms with Crippen molar-refractivity contribution in [3.63, 3.8) is 0 Å². The molecule has 0 saturated carbocycles. The second-order valence-corrected chi connectivity index (χ2v) is 7.18. The van der Waals surface area contributed by atoms with Crippen LogP contribution in [0.5, 0.6) is 0 Å². The molecule has 144 valence electrons. The van der Waals surface area contributed by atoms with E-state index in [0.717, 1.165) is 22.8 Å². The van der Waals surface area contributed by atoms with Gasteiger partial charge in [-0.15, -0.1) is 0 Å². The Kier molecular flexibility index (Phi) is 5.99. The van der Waals surface area contributed by atoms with Gasteiger partial charge in [0.25, 0.3) is 5.91 Å². The molecule has 3 rings (SSSR count). The van der Waals surface area contributed by atoms with E-state index < -0.39 is 0 Å². The number of anilines is 1. The minimum Gasteiger partial charge on any atom is -0.363 e. The Balaban J connectivity index is 1.77. The largest absolute Gasteiger partial charge is 0.363 e. The first-order valence-electron chi connectivity index (χ1n) is 9.27. The quantitative estimate of drug-likeness (QED) is 0.711. The van der Waals surface area contributed by atoms with Crippen LogP contribution in [0.4, 0.5) is 5.82 Å². The molecule has 0 saturated heterocycles. The molecule has 0 aliphatic rings. The molecule has 0 radical (unpaired) electrons. The number of nitrogens with one attached hydrogen (secondary N) is 1. The van der Waals surface area contributed by atoms with Gasteiger partial charge in [-0.2, -0.15) is 0 Å². The van der Waals surface area contributed by atoms with Crippen molar-refractivity contribution >= 4 is 11.7 Å². The smallest absolute Gasteiger partial charge is 0.251 e. The summed E-state index contributed by atoms with van der Waals surface area (Å²) in [5.74, 6) is 0.943. The lowest BCUT2D eigenvalue weighted by Crippen LogP contribution is -2.32. The Labute approximate surface area is 165 Å². The normalized spacial score (nSPS) is 11.9. The number of carbonyl (C=O) groups excluding carboxylic acids is 1. The van der Waals surface area contributed by atoms with Crippen LogP contribution in [-0.4, -0.2) is 35.0 Å². The Morgan fingerprint density at radius 3 is 2.36 bits per heavy atom. The summed E-state index contributed by atoms with van der Waals surface area (Å²) in [6.07, 6.45) is 3.29. The fraction of sp³-hybridized carbons (Fsp3) is 0.273. The first-order chi connectivity index (χ1) is 13.5. The molecule has 1 aromatic carbocycles. The summed E-state index contributed by atoms with van der Waals surface area (Å²) in [5, 5.41) is 3.10. The number of nitrogens with zero attached hydrogens (tertiary/aromatic N) is 4. The zero-order chi connectivity index (χ0) is 20.1. The van der Waals surface area contributed by atoms with E-state index in [9.17, 15) is 4.79 Å². The summed E-state index contributed by atoms with van der Waals surface area (Å²) in [5.41, 5.74) is 3.22. The van der Waals surface area contributed by atoms with Gasteiger partial charge >= 0.3 is 0 Å². The van der Waals surface area contributed by atoms with Crippen LogP contribution in [0.3, 0.4) is 0 Å². The topological polar surface area (TPSA) is 71.0 Å². The van der Waals surface area contributed by atoms with Crippen molar-refractivity contribution < 1.29 is 4.79 Å². The van der Waals surface area contributed by atoms with Gasteiger partial charge < -0.3 is 10.2 Å². The molecular weight excluding hydrogens is 350 g/mol. The van der Waals surface area contributed by atoms with Crippen molar-refractivity contribution in [2.24, 2.45) is 5.92 Å². The number of aromatic nitrogens is 3. The molecule has 28 heavy (non-hydrogen) atoms. The summed E-state index contributed by atoms with van der Waals surface area (Å²) >= 11 is 0. The van der Waals surface area contributed by atoms with Crippen LogP contribution in [0, 0.1) is 5.92 Å². The maximum atomic E-state index is 12.8. The highest BCUT2D eigenvalue weighted by Crippen LogP contribution is 2.22. The van der Waals surface area contributed by atoms with Crippen molar-refractivity contribution in [2.45, 2.75) is 19.9 Å². The number of carbonyl (C=O) groups is 1. The molecule has 1 amide bonds. The fourth-order valence-electron chi connectivity index (χ4n) is 2.91. The van der Waals surface area contributed by atoms with Crippen LogP contribution in [-0.2, 0) is 0 Å². The molecule has 1 atom stereocenters. The van der Waals surface area contributed by atoms with Crippen molar-refractivity contribution in [1.29, 1.82) is 0 Å². The van der Waals surface area contributed by atoms with E-state index in [1.54, 1.807) is 12.5 Å². The van der Waals surface area contributed by atoms with Gasteiger partial charge in [-0.05, 0) is 30.2 Å². The van der Waals surface area contributed by atoms with E-state index in [1.165, 1.54) is 0 Å². The highest BCUT2D eigenvalue weighted by molar-refractivity contribution is 5.94. The molecule has 2 aromatic heterocycles. The Hall–Kier alpha value is -3.28. The molecular formula is C22H25N5O. The van der Waals surface area contributed by atoms with E-state index in [1.807, 2.05) is 67.5 Å². The lowest BCUT2D eigenvalue weighted by molar-refractivity contribution is 0.0924. The van der Waals surface area contributed by atoms with Crippen molar-refractivity contribution in [2.75, 3.05) is 19.0 Å². The van der Waals surface area contributed by atoms with Gasteiger partial charge in [0.1, 0.15) is 12.1 Å². The summed E-state index contributed by atoms with van der Waals surface area (Å²) in [6.45, 7) is 4.14. The van der Waals surface area contributed by atoms with E-state index >= 15 is 0 Å². The minimum absolute atomic E-state index is 0.118. The van der Waals surface area contributed by atoms with Crippen molar-refractivity contribution in [3.05, 3.63) is 72.3 Å². The molecule has 0 aliphatic carbocycles. The molecule has 0 fully saturated rings. The highest BCUT2D eigenvalue weighted by Gasteiger charge is 2.20. The van der Waals surface area contributed by atoms with Crippen LogP contribution in [0.1, 0.15) is 35.9 Å². The first-order valence-corrected chi connectivity index (χ1v) is 9.27. The third-order valence-corrected chi connectivity index (χ3v) is 4.51. The first kappa shape index (κ1) is 19.5. The second-order valence-electron chi connectivity index (χ2n) is 7.18.